The molecular weight excluding hydrogens is 256 g/mol. The lowest BCUT2D eigenvalue weighted by molar-refractivity contribution is -0.141. The minimum atomic E-state index is -0.264. The van der Waals surface area contributed by atoms with Gasteiger partial charge in [-0.25, -0.2) is 0 Å². The van der Waals surface area contributed by atoms with Gasteiger partial charge in [-0.15, -0.1) is 0 Å². The van der Waals surface area contributed by atoms with Gasteiger partial charge < -0.3 is 9.64 Å². The van der Waals surface area contributed by atoms with E-state index in [9.17, 15) is 9.59 Å². The number of hydrogen-bond donors (Lipinski definition) is 0. The highest BCUT2D eigenvalue weighted by Crippen LogP contribution is 2.13. The van der Waals surface area contributed by atoms with E-state index in [1.165, 1.54) is 7.11 Å². The molecule has 5 nitrogen and oxygen atoms in total. The van der Waals surface area contributed by atoms with E-state index < -0.39 is 0 Å². The van der Waals surface area contributed by atoms with Gasteiger partial charge >= 0.3 is 5.97 Å². The quantitative estimate of drug-likeness (QED) is 0.710. The fourth-order valence-electron chi connectivity index (χ4n) is 1.89. The Kier molecular flexibility index (Phi) is 6.73. The van der Waals surface area contributed by atoms with Crippen LogP contribution in [0.3, 0.4) is 0 Å². The summed E-state index contributed by atoms with van der Waals surface area (Å²) < 4.78 is 4.58. The van der Waals surface area contributed by atoms with E-state index in [-0.39, 0.29) is 24.8 Å². The van der Waals surface area contributed by atoms with Crippen LogP contribution in [0.4, 0.5) is 5.69 Å². The summed E-state index contributed by atoms with van der Waals surface area (Å²) in [7, 11) is 3.18. The molecule has 0 fully saturated rings. The Hall–Kier alpha value is -1.88. The van der Waals surface area contributed by atoms with Crippen LogP contribution < -0.4 is 4.90 Å². The molecule has 1 amide bonds. The Balaban J connectivity index is 2.53. The minimum Gasteiger partial charge on any atom is -0.469 e. The van der Waals surface area contributed by atoms with Gasteiger partial charge in [0, 0.05) is 18.8 Å². The predicted octanol–water partition coefficient (Wildman–Crippen LogP) is 1.53. The van der Waals surface area contributed by atoms with Gasteiger partial charge in [-0.05, 0) is 26.1 Å². The van der Waals surface area contributed by atoms with Crippen LogP contribution in [0.1, 0.15) is 13.3 Å². The third kappa shape index (κ3) is 5.01. The summed E-state index contributed by atoms with van der Waals surface area (Å²) in [6.07, 6.45) is 0.289. The zero-order chi connectivity index (χ0) is 15.0. The lowest BCUT2D eigenvalue weighted by Gasteiger charge is -2.24. The monoisotopic (exact) mass is 278 g/mol. The van der Waals surface area contributed by atoms with Gasteiger partial charge in [-0.3, -0.25) is 14.5 Å². The van der Waals surface area contributed by atoms with Gasteiger partial charge in [-0.1, -0.05) is 18.2 Å². The average molecular weight is 278 g/mol. The molecule has 0 unspecified atom stereocenters. The van der Waals surface area contributed by atoms with Gasteiger partial charge in [0.15, 0.2) is 0 Å². The molecule has 1 aromatic rings. The number of methoxy groups -OCH3 is 1. The molecule has 0 aromatic heterocycles. The summed E-state index contributed by atoms with van der Waals surface area (Å²) in [5.41, 5.74) is 0.890. The number of rotatable bonds is 7. The molecular formula is C15H22N2O3. The van der Waals surface area contributed by atoms with E-state index in [0.717, 1.165) is 5.69 Å². The molecule has 0 N–H and O–H groups in total. The highest BCUT2D eigenvalue weighted by atomic mass is 16.5. The number of likely N-dealkylation sites (N-methyl/N-ethyl adjacent to an activating group) is 2. The SMILES string of the molecule is CCN(C(=O)CN(C)CCC(=O)OC)c1ccccc1. The molecule has 0 bridgehead atoms. The number of benzene rings is 1. The van der Waals surface area contributed by atoms with E-state index in [4.69, 9.17) is 0 Å². The zero-order valence-corrected chi connectivity index (χ0v) is 12.3. The van der Waals surface area contributed by atoms with E-state index in [1.807, 2.05) is 49.2 Å². The summed E-state index contributed by atoms with van der Waals surface area (Å²) in [6, 6.07) is 9.56. The first-order valence-electron chi connectivity index (χ1n) is 6.69. The van der Waals surface area contributed by atoms with Crippen LogP contribution in [0.25, 0.3) is 0 Å². The molecule has 1 rings (SSSR count). The topological polar surface area (TPSA) is 49.9 Å². The molecule has 5 heteroatoms. The molecule has 1 aromatic carbocycles. The average Bonchev–Trinajstić information content (AvgIpc) is 2.46. The van der Waals surface area contributed by atoms with Crippen molar-refractivity contribution in [2.75, 3.05) is 38.7 Å². The molecule has 0 spiro atoms. The molecule has 0 aliphatic carbocycles. The molecule has 0 saturated carbocycles. The van der Waals surface area contributed by atoms with Crippen LogP contribution in [-0.2, 0) is 14.3 Å². The molecule has 0 atom stereocenters. The normalized spacial score (nSPS) is 10.4. The van der Waals surface area contributed by atoms with Gasteiger partial charge in [0.1, 0.15) is 0 Å². The van der Waals surface area contributed by atoms with Gasteiger partial charge in [-0.2, -0.15) is 0 Å². The Morgan fingerprint density at radius 1 is 1.20 bits per heavy atom. The first-order chi connectivity index (χ1) is 9.58. The van der Waals surface area contributed by atoms with Crippen LogP contribution in [0, 0.1) is 0 Å². The van der Waals surface area contributed by atoms with Crippen molar-refractivity contribution in [2.45, 2.75) is 13.3 Å². The summed E-state index contributed by atoms with van der Waals surface area (Å²) in [5.74, 6) is -0.245. The van der Waals surface area contributed by atoms with Crippen LogP contribution in [0.2, 0.25) is 0 Å². The second-order valence-electron chi connectivity index (χ2n) is 4.54. The van der Waals surface area contributed by atoms with Crippen molar-refractivity contribution in [3.63, 3.8) is 0 Å². The fraction of sp³-hybridized carbons (Fsp3) is 0.467. The number of nitrogens with zero attached hydrogens (tertiary/aromatic N) is 2. The number of ether oxygens (including phenoxy) is 1. The maximum atomic E-state index is 12.3. The van der Waals surface area contributed by atoms with E-state index >= 15 is 0 Å². The number of esters is 1. The maximum absolute atomic E-state index is 12.3. The van der Waals surface area contributed by atoms with Gasteiger partial charge in [0.05, 0.1) is 20.1 Å². The maximum Gasteiger partial charge on any atom is 0.306 e. The van der Waals surface area contributed by atoms with Crippen LogP contribution in [0.5, 0.6) is 0 Å². The minimum absolute atomic E-state index is 0.0195. The first kappa shape index (κ1) is 16.2. The fourth-order valence-corrected chi connectivity index (χ4v) is 1.89. The van der Waals surface area contributed by atoms with Crippen molar-refractivity contribution in [1.29, 1.82) is 0 Å². The molecule has 0 heterocycles. The Morgan fingerprint density at radius 3 is 2.40 bits per heavy atom. The highest BCUT2D eigenvalue weighted by Gasteiger charge is 2.16. The standard InChI is InChI=1S/C15H22N2O3/c1-4-17(13-8-6-5-7-9-13)14(18)12-16(2)11-10-15(19)20-3/h5-9H,4,10-12H2,1-3H3. The number of carbonyl (C=O) groups is 2. The predicted molar refractivity (Wildman–Crippen MR) is 78.6 cm³/mol. The lowest BCUT2D eigenvalue weighted by Crippen LogP contribution is -2.39. The number of carbonyl (C=O) groups excluding carboxylic acids is 2. The van der Waals surface area contributed by atoms with Crippen molar-refractivity contribution >= 4 is 17.6 Å². The van der Waals surface area contributed by atoms with Crippen LogP contribution in [-0.4, -0.2) is 50.6 Å². The van der Waals surface area contributed by atoms with E-state index in [2.05, 4.69) is 4.74 Å². The zero-order valence-electron chi connectivity index (χ0n) is 12.3. The third-order valence-electron chi connectivity index (χ3n) is 3.02. The summed E-state index contributed by atoms with van der Waals surface area (Å²) in [5, 5.41) is 0. The summed E-state index contributed by atoms with van der Waals surface area (Å²) in [6.45, 7) is 3.34. The molecule has 0 saturated heterocycles. The second kappa shape index (κ2) is 8.32. The van der Waals surface area contributed by atoms with Crippen LogP contribution >= 0.6 is 0 Å². The van der Waals surface area contributed by atoms with Crippen molar-refractivity contribution in [3.8, 4) is 0 Å². The number of anilines is 1. The number of amides is 1. The Bertz CT molecular complexity index is 434. The van der Waals surface area contributed by atoms with Crippen molar-refractivity contribution in [2.24, 2.45) is 0 Å². The largest absolute Gasteiger partial charge is 0.469 e. The molecule has 0 aliphatic heterocycles. The van der Waals surface area contributed by atoms with Crippen molar-refractivity contribution in [1.82, 2.24) is 4.90 Å². The van der Waals surface area contributed by atoms with Gasteiger partial charge in [0.2, 0.25) is 5.91 Å². The smallest absolute Gasteiger partial charge is 0.306 e. The Labute approximate surface area is 120 Å². The molecule has 0 radical (unpaired) electrons. The second-order valence-corrected chi connectivity index (χ2v) is 4.54. The van der Waals surface area contributed by atoms with Crippen molar-refractivity contribution in [3.05, 3.63) is 30.3 Å². The van der Waals surface area contributed by atoms with Gasteiger partial charge in [0.25, 0.3) is 0 Å². The summed E-state index contributed by atoms with van der Waals surface area (Å²) >= 11 is 0. The van der Waals surface area contributed by atoms with Crippen LogP contribution in [0.15, 0.2) is 30.3 Å². The number of hydrogen-bond acceptors (Lipinski definition) is 4. The molecule has 110 valence electrons. The first-order valence-corrected chi connectivity index (χ1v) is 6.69. The van der Waals surface area contributed by atoms with Crippen molar-refractivity contribution < 1.29 is 14.3 Å². The summed E-state index contributed by atoms with van der Waals surface area (Å²) in [4.78, 5) is 26.9. The lowest BCUT2D eigenvalue weighted by atomic mass is 10.2. The molecule has 20 heavy (non-hydrogen) atoms. The molecule has 0 aliphatic rings. The van der Waals surface area contributed by atoms with E-state index in [0.29, 0.717) is 13.1 Å². The Morgan fingerprint density at radius 2 is 1.85 bits per heavy atom. The number of para-hydroxylation sites is 1. The highest BCUT2D eigenvalue weighted by molar-refractivity contribution is 5.94. The third-order valence-corrected chi connectivity index (χ3v) is 3.02. The van der Waals surface area contributed by atoms with E-state index in [1.54, 1.807) is 4.90 Å².